The van der Waals surface area contributed by atoms with Crippen LogP contribution in [0.4, 0.5) is 5.69 Å². The second-order valence-electron chi connectivity index (χ2n) is 10.1. The summed E-state index contributed by atoms with van der Waals surface area (Å²) in [6, 6.07) is 18.8. The van der Waals surface area contributed by atoms with E-state index >= 15 is 0 Å². The van der Waals surface area contributed by atoms with E-state index in [1.54, 1.807) is 38.5 Å². The number of anilines is 1. The third-order valence-electron chi connectivity index (χ3n) is 6.69. The first-order valence-electron chi connectivity index (χ1n) is 12.3. The molecule has 1 atom stereocenters. The summed E-state index contributed by atoms with van der Waals surface area (Å²) in [4.78, 5) is 13.5. The maximum Gasteiger partial charge on any atom is 0.265 e. The molecule has 1 amide bonds. The Labute approximate surface area is 219 Å². The highest BCUT2D eigenvalue weighted by Crippen LogP contribution is 2.37. The second-order valence-corrected chi connectivity index (χ2v) is 12.0. The summed E-state index contributed by atoms with van der Waals surface area (Å²) in [6.45, 7) is 6.56. The molecule has 196 valence electrons. The molecule has 0 fully saturated rings. The Kier molecular flexibility index (Phi) is 7.50. The third kappa shape index (κ3) is 5.44. The molecule has 8 heteroatoms. The highest BCUT2D eigenvalue weighted by molar-refractivity contribution is 7.93. The highest BCUT2D eigenvalue weighted by atomic mass is 32.2. The number of para-hydroxylation sites is 1. The molecular formula is C29H34N2O5S. The van der Waals surface area contributed by atoms with Crippen LogP contribution >= 0.6 is 0 Å². The normalized spacial score (nSPS) is 15.3. The van der Waals surface area contributed by atoms with Gasteiger partial charge in [-0.3, -0.25) is 9.10 Å². The third-order valence-corrected chi connectivity index (χ3v) is 8.52. The lowest BCUT2D eigenvalue weighted by Gasteiger charge is -2.27. The summed E-state index contributed by atoms with van der Waals surface area (Å²) < 4.78 is 39.7. The van der Waals surface area contributed by atoms with Crippen LogP contribution in [0.1, 0.15) is 37.5 Å². The molecule has 0 aliphatic carbocycles. The van der Waals surface area contributed by atoms with Crippen molar-refractivity contribution in [2.75, 3.05) is 25.1 Å². The highest BCUT2D eigenvalue weighted by Gasteiger charge is 2.42. The largest absolute Gasteiger partial charge is 0.497 e. The molecule has 0 saturated heterocycles. The minimum Gasteiger partial charge on any atom is -0.497 e. The molecule has 0 spiro atoms. The smallest absolute Gasteiger partial charge is 0.265 e. The molecule has 0 saturated carbocycles. The number of carbonyl (C=O) groups is 1. The Balaban J connectivity index is 1.57. The van der Waals surface area contributed by atoms with Crippen molar-refractivity contribution in [3.63, 3.8) is 0 Å². The van der Waals surface area contributed by atoms with Gasteiger partial charge in [-0.25, -0.2) is 8.42 Å². The predicted molar refractivity (Wildman–Crippen MR) is 145 cm³/mol. The van der Waals surface area contributed by atoms with Crippen molar-refractivity contribution in [3.8, 4) is 11.5 Å². The number of sulfonamides is 1. The fraction of sp³-hybridized carbons (Fsp3) is 0.345. The van der Waals surface area contributed by atoms with E-state index in [0.717, 1.165) is 16.7 Å². The zero-order valence-electron chi connectivity index (χ0n) is 21.9. The van der Waals surface area contributed by atoms with Crippen LogP contribution in [0.25, 0.3) is 0 Å². The monoisotopic (exact) mass is 522 g/mol. The van der Waals surface area contributed by atoms with Gasteiger partial charge >= 0.3 is 0 Å². The molecule has 3 aromatic carbocycles. The van der Waals surface area contributed by atoms with Crippen LogP contribution in [-0.2, 0) is 33.1 Å². The molecule has 1 aliphatic rings. The average molecular weight is 523 g/mol. The van der Waals surface area contributed by atoms with Crippen molar-refractivity contribution in [2.24, 2.45) is 0 Å². The van der Waals surface area contributed by atoms with Crippen molar-refractivity contribution < 1.29 is 22.7 Å². The molecule has 0 unspecified atom stereocenters. The first kappa shape index (κ1) is 26.5. The van der Waals surface area contributed by atoms with Crippen molar-refractivity contribution in [3.05, 3.63) is 83.4 Å². The van der Waals surface area contributed by atoms with Crippen molar-refractivity contribution in [1.82, 2.24) is 5.32 Å². The van der Waals surface area contributed by atoms with Gasteiger partial charge in [0.2, 0.25) is 5.91 Å². The summed E-state index contributed by atoms with van der Waals surface area (Å²) in [7, 11) is -0.782. The van der Waals surface area contributed by atoms with Crippen LogP contribution in [0.5, 0.6) is 11.5 Å². The summed E-state index contributed by atoms with van der Waals surface area (Å²) in [5, 5.41) is 2.94. The van der Waals surface area contributed by atoms with Gasteiger partial charge in [0.25, 0.3) is 10.0 Å². The van der Waals surface area contributed by atoms with E-state index in [0.29, 0.717) is 36.6 Å². The number of methoxy groups -OCH3 is 2. The van der Waals surface area contributed by atoms with E-state index in [1.165, 1.54) is 4.31 Å². The molecule has 1 N–H and O–H groups in total. The lowest BCUT2D eigenvalue weighted by atomic mass is 9.87. The fourth-order valence-corrected chi connectivity index (χ4v) is 6.26. The Morgan fingerprint density at radius 2 is 1.70 bits per heavy atom. The lowest BCUT2D eigenvalue weighted by molar-refractivity contribution is -0.122. The van der Waals surface area contributed by atoms with Crippen LogP contribution in [0, 0.1) is 0 Å². The van der Waals surface area contributed by atoms with Crippen LogP contribution in [0.15, 0.2) is 71.6 Å². The first-order valence-corrected chi connectivity index (χ1v) is 13.7. The van der Waals surface area contributed by atoms with E-state index in [4.69, 9.17) is 9.47 Å². The lowest BCUT2D eigenvalue weighted by Crippen LogP contribution is -2.48. The van der Waals surface area contributed by atoms with E-state index in [-0.39, 0.29) is 16.2 Å². The molecule has 0 aromatic heterocycles. The molecule has 4 rings (SSSR count). The van der Waals surface area contributed by atoms with E-state index in [9.17, 15) is 13.2 Å². The van der Waals surface area contributed by atoms with Gasteiger partial charge in [0, 0.05) is 13.0 Å². The van der Waals surface area contributed by atoms with Gasteiger partial charge in [-0.15, -0.1) is 0 Å². The maximum absolute atomic E-state index is 13.8. The molecule has 7 nitrogen and oxygen atoms in total. The quantitative estimate of drug-likeness (QED) is 0.472. The predicted octanol–water partition coefficient (Wildman–Crippen LogP) is 4.48. The Morgan fingerprint density at radius 3 is 2.35 bits per heavy atom. The van der Waals surface area contributed by atoms with Gasteiger partial charge in [0.15, 0.2) is 0 Å². The molecule has 3 aromatic rings. The van der Waals surface area contributed by atoms with Crippen molar-refractivity contribution in [1.29, 1.82) is 0 Å². The molecule has 1 aliphatic heterocycles. The zero-order chi connectivity index (χ0) is 26.8. The standard InChI is InChI=1S/C29H34N2O5S/c1-29(2,3)22-10-13-24(14-11-22)37(33,34)31-25-9-7-6-8-20(25)19-26(31)28(32)30-17-16-21-18-23(35-4)12-15-27(21)36-5/h6-15,18,26H,16-17,19H2,1-5H3,(H,30,32)/t26-/m0/s1. The van der Waals surface area contributed by atoms with Crippen LogP contribution in [0.3, 0.4) is 0 Å². The number of hydrogen-bond acceptors (Lipinski definition) is 5. The summed E-state index contributed by atoms with van der Waals surface area (Å²) in [5.74, 6) is 1.06. The maximum atomic E-state index is 13.8. The molecular weight excluding hydrogens is 488 g/mol. The number of nitrogens with zero attached hydrogens (tertiary/aromatic N) is 1. The van der Waals surface area contributed by atoms with E-state index in [1.807, 2.05) is 42.5 Å². The summed E-state index contributed by atoms with van der Waals surface area (Å²) in [5.41, 5.74) is 3.19. The molecule has 0 radical (unpaired) electrons. The summed E-state index contributed by atoms with van der Waals surface area (Å²) >= 11 is 0. The number of nitrogens with one attached hydrogen (secondary N) is 1. The SMILES string of the molecule is COc1ccc(OC)c(CCNC(=O)[C@@H]2Cc3ccccc3N2S(=O)(=O)c2ccc(C(C)(C)C)cc2)c1. The van der Waals surface area contributed by atoms with E-state index in [2.05, 4.69) is 26.1 Å². The number of rotatable bonds is 8. The van der Waals surface area contributed by atoms with Crippen LogP contribution in [0.2, 0.25) is 0 Å². The number of amides is 1. The number of ether oxygens (including phenoxy) is 2. The first-order chi connectivity index (χ1) is 17.6. The van der Waals surface area contributed by atoms with Gasteiger partial charge in [-0.2, -0.15) is 0 Å². The van der Waals surface area contributed by atoms with Crippen molar-refractivity contribution >= 4 is 21.6 Å². The number of fused-ring (bicyclic) bond motifs is 1. The topological polar surface area (TPSA) is 84.9 Å². The van der Waals surface area contributed by atoms with Crippen LogP contribution < -0.4 is 19.1 Å². The Morgan fingerprint density at radius 1 is 1.00 bits per heavy atom. The minimum atomic E-state index is -3.97. The Hall–Kier alpha value is -3.52. The van der Waals surface area contributed by atoms with Gasteiger partial charge in [-0.1, -0.05) is 51.1 Å². The number of carbonyl (C=O) groups excluding carboxylic acids is 1. The second kappa shape index (κ2) is 10.5. The average Bonchev–Trinajstić information content (AvgIpc) is 3.29. The Bertz CT molecular complexity index is 1380. The van der Waals surface area contributed by atoms with E-state index < -0.39 is 16.1 Å². The molecule has 0 bridgehead atoms. The van der Waals surface area contributed by atoms with Gasteiger partial charge < -0.3 is 14.8 Å². The van der Waals surface area contributed by atoms with Gasteiger partial charge in [0.1, 0.15) is 17.5 Å². The zero-order valence-corrected chi connectivity index (χ0v) is 22.8. The van der Waals surface area contributed by atoms with Gasteiger partial charge in [-0.05, 0) is 64.9 Å². The molecule has 1 heterocycles. The molecule has 37 heavy (non-hydrogen) atoms. The van der Waals surface area contributed by atoms with Crippen molar-refractivity contribution in [2.45, 2.75) is 50.0 Å². The number of hydrogen-bond donors (Lipinski definition) is 1. The van der Waals surface area contributed by atoms with Crippen LogP contribution in [-0.4, -0.2) is 41.1 Å². The summed E-state index contributed by atoms with van der Waals surface area (Å²) in [6.07, 6.45) is 0.816. The fourth-order valence-electron chi connectivity index (χ4n) is 4.61. The minimum absolute atomic E-state index is 0.101. The number of benzene rings is 3. The van der Waals surface area contributed by atoms with Gasteiger partial charge in [0.05, 0.1) is 24.8 Å².